The van der Waals surface area contributed by atoms with E-state index in [2.05, 4.69) is 0 Å². The molecule has 0 fully saturated rings. The molecule has 2 aromatic rings. The highest BCUT2D eigenvalue weighted by Crippen LogP contribution is 2.46. The van der Waals surface area contributed by atoms with Gasteiger partial charge in [-0.25, -0.2) is 0 Å². The molecule has 0 heterocycles. The first kappa shape index (κ1) is 19.9. The average molecular weight is 382 g/mol. The van der Waals surface area contributed by atoms with E-state index in [4.69, 9.17) is 14.2 Å². The van der Waals surface area contributed by atoms with Crippen LogP contribution in [0.25, 0.3) is 11.1 Å². The molecule has 3 rings (SSSR count). The molecule has 0 aliphatic heterocycles. The Morgan fingerprint density at radius 1 is 0.929 bits per heavy atom. The van der Waals surface area contributed by atoms with Crippen LogP contribution in [0, 0.1) is 5.41 Å². The molecule has 0 aromatic heterocycles. The topological polar surface area (TPSA) is 61.8 Å². The molecule has 0 saturated carbocycles. The predicted molar refractivity (Wildman–Crippen MR) is 107 cm³/mol. The van der Waals surface area contributed by atoms with Gasteiger partial charge in [0.1, 0.15) is 0 Å². The molecule has 148 valence electrons. The molecule has 28 heavy (non-hydrogen) atoms. The number of ketones is 1. The number of Topliss-reactive ketones (excluding diaryl/α,β-unsaturated/α-hetero) is 1. The smallest absolute Gasteiger partial charge is 0.311 e. The number of hydrogen-bond acceptors (Lipinski definition) is 5. The monoisotopic (exact) mass is 382 g/mol. The molecule has 0 amide bonds. The number of hydrogen-bond donors (Lipinski definition) is 0. The molecule has 0 atom stereocenters. The summed E-state index contributed by atoms with van der Waals surface area (Å²) in [4.78, 5) is 24.8. The average Bonchev–Trinajstić information content (AvgIpc) is 3.01. The van der Waals surface area contributed by atoms with Crippen molar-refractivity contribution >= 4 is 11.8 Å². The number of esters is 1. The molecule has 1 aliphatic carbocycles. The van der Waals surface area contributed by atoms with Crippen LogP contribution in [-0.4, -0.2) is 26.0 Å². The lowest BCUT2D eigenvalue weighted by atomic mass is 9.92. The van der Waals surface area contributed by atoms with Gasteiger partial charge in [-0.15, -0.1) is 0 Å². The summed E-state index contributed by atoms with van der Waals surface area (Å²) in [6.07, 6.45) is 1.44. The third-order valence-electron chi connectivity index (χ3n) is 4.76. The fraction of sp³-hybridized carbons (Fsp3) is 0.391. The van der Waals surface area contributed by atoms with Crippen molar-refractivity contribution in [3.05, 3.63) is 41.5 Å². The number of rotatable bonds is 5. The maximum Gasteiger partial charge on any atom is 0.311 e. The minimum Gasteiger partial charge on any atom is -0.493 e. The summed E-state index contributed by atoms with van der Waals surface area (Å²) < 4.78 is 16.7. The minimum absolute atomic E-state index is 0.142. The van der Waals surface area contributed by atoms with E-state index < -0.39 is 0 Å². The van der Waals surface area contributed by atoms with Crippen molar-refractivity contribution in [2.45, 2.75) is 40.0 Å². The number of fused-ring (bicyclic) bond motifs is 1. The highest BCUT2D eigenvalue weighted by molar-refractivity contribution is 6.03. The minimum atomic E-state index is -0.344. The Morgan fingerprint density at radius 2 is 1.64 bits per heavy atom. The third-order valence-corrected chi connectivity index (χ3v) is 4.76. The van der Waals surface area contributed by atoms with Crippen molar-refractivity contribution in [2.75, 3.05) is 14.2 Å². The van der Waals surface area contributed by atoms with Gasteiger partial charge in [-0.3, -0.25) is 9.59 Å². The van der Waals surface area contributed by atoms with E-state index in [0.717, 1.165) is 16.7 Å². The normalized spacial score (nSPS) is 13.2. The van der Waals surface area contributed by atoms with Gasteiger partial charge in [-0.05, 0) is 35.1 Å². The number of methoxy groups -OCH3 is 2. The summed E-state index contributed by atoms with van der Waals surface area (Å²) >= 11 is 0. The summed E-state index contributed by atoms with van der Waals surface area (Å²) in [6.45, 7) is 5.94. The van der Waals surface area contributed by atoms with E-state index in [9.17, 15) is 9.59 Å². The molecular weight excluding hydrogens is 356 g/mol. The summed E-state index contributed by atoms with van der Waals surface area (Å²) in [7, 11) is 3.05. The Morgan fingerprint density at radius 3 is 2.29 bits per heavy atom. The van der Waals surface area contributed by atoms with E-state index in [1.54, 1.807) is 6.07 Å². The van der Waals surface area contributed by atoms with Gasteiger partial charge in [0.25, 0.3) is 0 Å². The molecule has 5 heteroatoms. The molecule has 0 spiro atoms. The van der Waals surface area contributed by atoms with Gasteiger partial charge >= 0.3 is 5.97 Å². The Labute approximate surface area is 165 Å². The Kier molecular flexibility index (Phi) is 5.45. The van der Waals surface area contributed by atoms with E-state index in [1.165, 1.54) is 14.2 Å². The molecule has 2 aromatic carbocycles. The van der Waals surface area contributed by atoms with E-state index in [0.29, 0.717) is 35.7 Å². The van der Waals surface area contributed by atoms with Crippen molar-refractivity contribution in [2.24, 2.45) is 5.41 Å². The van der Waals surface area contributed by atoms with Crippen LogP contribution >= 0.6 is 0 Å². The molecule has 0 bridgehead atoms. The van der Waals surface area contributed by atoms with Gasteiger partial charge in [-0.1, -0.05) is 39.0 Å². The highest BCUT2D eigenvalue weighted by Gasteiger charge is 2.27. The van der Waals surface area contributed by atoms with Crippen LogP contribution in [0.3, 0.4) is 0 Å². The standard InChI is InChI=1S/C23H26O5/c1-23(2,3)13-20(25)28-21-17(10-12-19(26-4)22(21)27-5)14-7-6-8-16-15(14)9-11-18(16)24/h6-8,10,12H,9,11,13H2,1-5H3. The second-order valence-corrected chi connectivity index (χ2v) is 8.14. The lowest BCUT2D eigenvalue weighted by molar-refractivity contribution is -0.136. The Balaban J connectivity index is 2.15. The van der Waals surface area contributed by atoms with Crippen molar-refractivity contribution in [1.82, 2.24) is 0 Å². The van der Waals surface area contributed by atoms with Gasteiger partial charge in [0.2, 0.25) is 5.75 Å². The van der Waals surface area contributed by atoms with Crippen LogP contribution in [0.15, 0.2) is 30.3 Å². The second-order valence-electron chi connectivity index (χ2n) is 8.14. The van der Waals surface area contributed by atoms with Crippen LogP contribution in [0.2, 0.25) is 0 Å². The fourth-order valence-corrected chi connectivity index (χ4v) is 3.54. The maximum absolute atomic E-state index is 12.6. The zero-order valence-electron chi connectivity index (χ0n) is 17.0. The van der Waals surface area contributed by atoms with Gasteiger partial charge in [0.15, 0.2) is 17.3 Å². The SMILES string of the molecule is COc1ccc(-c2cccc3c2CCC3=O)c(OC(=O)CC(C)(C)C)c1OC. The number of benzene rings is 2. The predicted octanol–water partition coefficient (Wildman–Crippen LogP) is 4.84. The van der Waals surface area contributed by atoms with Gasteiger partial charge < -0.3 is 14.2 Å². The quantitative estimate of drug-likeness (QED) is 0.547. The van der Waals surface area contributed by atoms with E-state index in [1.807, 2.05) is 45.0 Å². The zero-order valence-corrected chi connectivity index (χ0v) is 17.0. The molecule has 5 nitrogen and oxygen atoms in total. The van der Waals surface area contributed by atoms with Gasteiger partial charge in [0, 0.05) is 17.5 Å². The van der Waals surface area contributed by atoms with Crippen molar-refractivity contribution < 1.29 is 23.8 Å². The summed E-state index contributed by atoms with van der Waals surface area (Å²) in [5, 5.41) is 0. The van der Waals surface area contributed by atoms with E-state index >= 15 is 0 Å². The number of carbonyl (C=O) groups excluding carboxylic acids is 2. The lowest BCUT2D eigenvalue weighted by Gasteiger charge is -2.20. The second kappa shape index (κ2) is 7.66. The summed E-state index contributed by atoms with van der Waals surface area (Å²) in [5.41, 5.74) is 3.10. The zero-order chi connectivity index (χ0) is 20.5. The van der Waals surface area contributed by atoms with E-state index in [-0.39, 0.29) is 23.6 Å². The van der Waals surface area contributed by atoms with Crippen LogP contribution in [-0.2, 0) is 11.2 Å². The summed E-state index contributed by atoms with van der Waals surface area (Å²) in [6, 6.07) is 9.28. The van der Waals surface area contributed by atoms with Crippen molar-refractivity contribution in [3.8, 4) is 28.4 Å². The lowest BCUT2D eigenvalue weighted by Crippen LogP contribution is -2.18. The maximum atomic E-state index is 12.6. The van der Waals surface area contributed by atoms with Crippen molar-refractivity contribution in [3.63, 3.8) is 0 Å². The van der Waals surface area contributed by atoms with Gasteiger partial charge in [0.05, 0.1) is 20.6 Å². The Bertz CT molecular complexity index is 921. The largest absolute Gasteiger partial charge is 0.493 e. The summed E-state index contributed by atoms with van der Waals surface area (Å²) in [5.74, 6) is 0.967. The first-order valence-electron chi connectivity index (χ1n) is 9.36. The van der Waals surface area contributed by atoms with Gasteiger partial charge in [-0.2, -0.15) is 0 Å². The number of carbonyl (C=O) groups is 2. The molecule has 0 saturated heterocycles. The first-order valence-corrected chi connectivity index (χ1v) is 9.36. The van der Waals surface area contributed by atoms with Crippen molar-refractivity contribution in [1.29, 1.82) is 0 Å². The number of ether oxygens (including phenoxy) is 3. The van der Waals surface area contributed by atoms with Crippen LogP contribution in [0.4, 0.5) is 0 Å². The fourth-order valence-electron chi connectivity index (χ4n) is 3.54. The Hall–Kier alpha value is -2.82. The first-order chi connectivity index (χ1) is 13.2. The van der Waals surface area contributed by atoms with Crippen LogP contribution in [0.1, 0.15) is 49.5 Å². The molecule has 0 radical (unpaired) electrons. The molecular formula is C23H26O5. The third kappa shape index (κ3) is 3.88. The molecule has 0 unspecified atom stereocenters. The van der Waals surface area contributed by atoms with Crippen LogP contribution < -0.4 is 14.2 Å². The highest BCUT2D eigenvalue weighted by atomic mass is 16.6. The van der Waals surface area contributed by atoms with Crippen LogP contribution in [0.5, 0.6) is 17.2 Å². The molecule has 0 N–H and O–H groups in total. The molecule has 1 aliphatic rings.